The third-order valence-electron chi connectivity index (χ3n) is 18.2. The van der Waals surface area contributed by atoms with E-state index in [0.717, 1.165) is 31.0 Å². The van der Waals surface area contributed by atoms with Gasteiger partial charge < -0.3 is 23.4 Å². The summed E-state index contributed by atoms with van der Waals surface area (Å²) in [4.78, 5) is 3.57. The van der Waals surface area contributed by atoms with Crippen LogP contribution in [-0.2, 0) is 10.8 Å². The molecule has 2 aliphatic rings. The molecule has 0 unspecified atom stereocenters. The van der Waals surface area contributed by atoms with E-state index in [2.05, 4.69) is 41.5 Å². The molecule has 16 aromatic rings. The average Bonchev–Trinajstić information content (AvgIpc) is 1.10. The van der Waals surface area contributed by atoms with Gasteiger partial charge in [0.25, 0.3) is 6.71 Å². The Hall–Kier alpha value is -11.1. The van der Waals surface area contributed by atoms with Gasteiger partial charge in [0.15, 0.2) is 0 Å². The summed E-state index contributed by atoms with van der Waals surface area (Å²) >= 11 is 0. The molecule has 0 aliphatic carbocycles. The van der Waals surface area contributed by atoms with Gasteiger partial charge in [-0.25, -0.2) is 0 Å². The van der Waals surface area contributed by atoms with Crippen molar-refractivity contribution in [2.75, 3.05) is 9.80 Å². The fourth-order valence-electron chi connectivity index (χ4n) is 13.7. The van der Waals surface area contributed by atoms with Gasteiger partial charge in [-0.05, 0) is 151 Å². The Morgan fingerprint density at radius 3 is 1.20 bits per heavy atom. The summed E-state index contributed by atoms with van der Waals surface area (Å²) in [7, 11) is 0. The molecule has 0 saturated carbocycles. The van der Waals surface area contributed by atoms with Crippen molar-refractivity contribution >= 4 is 123 Å². The van der Waals surface area contributed by atoms with E-state index in [1.54, 1.807) is 21.9 Å². The standard InChI is InChI=1S/C86H65BN4O/c1-85(2,3)58-40-35-54(36-41-58)62-21-7-14-28-72(62)90-78-52-60(88-74-30-16-9-23-64(74)65-24-10-17-31-75(65)88)44-46-70(78)87-71-47-45-61(89-76-32-18-11-25-66(76)67-26-12-19-33-77(67)89)53-79(71)91(73-29-15-8-22-63(73)55-37-42-59(43-38-55)86(4,5)6)81-51-57(50-80(90)84(81)87)56-39-48-83-69(49-56)68-27-13-20-34-82(68)92-83/h7-53H,1-6H3/i9D,10D,11D,12D,16D,17D,18D,19D,23D,24D,25D,26D,30D,31D,32D,33D,44D,45D,46D,47D,52D,53D. The molecule has 3 aromatic heterocycles. The van der Waals surface area contributed by atoms with Gasteiger partial charge in [0.2, 0.25) is 0 Å². The molecule has 0 radical (unpaired) electrons. The molecule has 5 heterocycles. The van der Waals surface area contributed by atoms with Crippen LogP contribution in [0.3, 0.4) is 0 Å². The van der Waals surface area contributed by atoms with Crippen molar-refractivity contribution < 1.29 is 34.6 Å². The van der Waals surface area contributed by atoms with E-state index in [0.29, 0.717) is 61.4 Å². The highest BCUT2D eigenvalue weighted by molar-refractivity contribution is 7.00. The second-order valence-corrected chi connectivity index (χ2v) is 25.6. The second kappa shape index (κ2) is 20.2. The van der Waals surface area contributed by atoms with Crippen molar-refractivity contribution in [2.45, 2.75) is 52.4 Å². The summed E-state index contributed by atoms with van der Waals surface area (Å²) in [5, 5.41) is 0.116. The minimum atomic E-state index is -1.61. The summed E-state index contributed by atoms with van der Waals surface area (Å²) in [5.74, 6) is 0. The fourth-order valence-corrected chi connectivity index (χ4v) is 13.7. The first-order valence-corrected chi connectivity index (χ1v) is 30.5. The number of furan rings is 1. The van der Waals surface area contributed by atoms with Gasteiger partial charge in [0, 0.05) is 77.6 Å². The quantitative estimate of drug-likeness (QED) is 0.149. The summed E-state index contributed by atoms with van der Waals surface area (Å²) in [6.07, 6.45) is 0. The SMILES string of the molecule is [2H]c1c([2H])c(-n2c3c([2H])c([2H])c([2H])c([2H])c3c3c([2H])c([2H])c([2H])c([2H])c32)c([2H])c2c1B1c3c(cc(-c4ccc5oc6ccccc6c5c4)cc3N(c3ccccc3-c3ccc(C(C)(C)C)cc3)c3c([2H])c(-n4c5c([2H])c([2H])c([2H])c([2H])c5c5c([2H])c([2H])c([2H])c([2H])c54)c([2H])c([2H])c31)N2c1ccccc1-c1ccc(C(C)(C)C)cc1. The number of para-hydroxylation sites is 7. The summed E-state index contributed by atoms with van der Waals surface area (Å²) < 4.78 is 225. The summed E-state index contributed by atoms with van der Waals surface area (Å²) in [6, 6.07) is 32.0. The Morgan fingerprint density at radius 1 is 0.337 bits per heavy atom. The lowest BCUT2D eigenvalue weighted by Gasteiger charge is -2.45. The molecule has 18 rings (SSSR count). The molecule has 0 atom stereocenters. The molecule has 5 nitrogen and oxygen atoms in total. The van der Waals surface area contributed by atoms with Crippen LogP contribution < -0.4 is 26.2 Å². The maximum absolute atomic E-state index is 11.4. The molecule has 0 saturated heterocycles. The first-order valence-electron chi connectivity index (χ1n) is 41.5. The minimum absolute atomic E-state index is 0.156. The molecule has 6 heteroatoms. The Kier molecular flexibility index (Phi) is 7.90. The van der Waals surface area contributed by atoms with E-state index < -0.39 is 173 Å². The highest BCUT2D eigenvalue weighted by Gasteiger charge is 2.45. The summed E-state index contributed by atoms with van der Waals surface area (Å²) in [5.41, 5.74) is 4.34. The zero-order chi connectivity index (χ0) is 80.9. The molecular formula is C86H65BN4O. The number of hydrogen-bond donors (Lipinski definition) is 0. The van der Waals surface area contributed by atoms with Gasteiger partial charge in [-0.3, -0.25) is 0 Å². The van der Waals surface area contributed by atoms with Gasteiger partial charge in [0.05, 0.1) is 63.6 Å². The van der Waals surface area contributed by atoms with Crippen molar-refractivity contribution in [3.63, 3.8) is 0 Å². The van der Waals surface area contributed by atoms with E-state index >= 15 is 0 Å². The molecule has 0 bridgehead atoms. The number of nitrogens with zero attached hydrogens (tertiary/aromatic N) is 4. The van der Waals surface area contributed by atoms with Crippen LogP contribution in [0.4, 0.5) is 34.1 Å². The highest BCUT2D eigenvalue weighted by atomic mass is 16.3. The van der Waals surface area contributed by atoms with Crippen LogP contribution in [0.25, 0.3) is 110 Å². The van der Waals surface area contributed by atoms with Crippen LogP contribution in [0.5, 0.6) is 0 Å². The minimum Gasteiger partial charge on any atom is -0.456 e. The average molecular weight is 1200 g/mol. The molecular weight excluding hydrogens is 1120 g/mol. The van der Waals surface area contributed by atoms with Crippen LogP contribution in [0, 0.1) is 0 Å². The molecule has 0 spiro atoms. The zero-order valence-corrected chi connectivity index (χ0v) is 50.7. The first kappa shape index (κ1) is 35.9. The smallest absolute Gasteiger partial charge is 0.252 e. The Morgan fingerprint density at radius 2 is 0.739 bits per heavy atom. The van der Waals surface area contributed by atoms with Crippen LogP contribution in [0.2, 0.25) is 0 Å². The largest absolute Gasteiger partial charge is 0.456 e. The second-order valence-electron chi connectivity index (χ2n) is 25.6. The van der Waals surface area contributed by atoms with Crippen molar-refractivity contribution in [1.82, 2.24) is 9.13 Å². The van der Waals surface area contributed by atoms with Gasteiger partial charge >= 0.3 is 0 Å². The lowest BCUT2D eigenvalue weighted by atomic mass is 9.33. The highest BCUT2D eigenvalue weighted by Crippen LogP contribution is 2.51. The molecule has 0 amide bonds. The van der Waals surface area contributed by atoms with E-state index in [1.807, 2.05) is 140 Å². The zero-order valence-electron chi connectivity index (χ0n) is 72.7. The summed E-state index contributed by atoms with van der Waals surface area (Å²) in [6.45, 7) is 11.0. The van der Waals surface area contributed by atoms with Crippen LogP contribution in [-0.4, -0.2) is 15.8 Å². The monoisotopic (exact) mass is 1200 g/mol. The number of aromatic nitrogens is 2. The van der Waals surface area contributed by atoms with Gasteiger partial charge in [-0.2, -0.15) is 0 Å². The van der Waals surface area contributed by atoms with Crippen molar-refractivity contribution in [2.24, 2.45) is 0 Å². The molecule has 438 valence electrons. The van der Waals surface area contributed by atoms with E-state index in [4.69, 9.17) is 9.90 Å². The van der Waals surface area contributed by atoms with Crippen molar-refractivity contribution in [1.29, 1.82) is 0 Å². The molecule has 2 aliphatic heterocycles. The fraction of sp³-hybridized carbons (Fsp3) is 0.0930. The Labute approximate surface area is 567 Å². The first-order chi connectivity index (χ1) is 54.1. The Bertz CT molecular complexity index is 6550. The van der Waals surface area contributed by atoms with Crippen LogP contribution in [0.1, 0.15) is 82.8 Å². The van der Waals surface area contributed by atoms with Gasteiger partial charge in [-0.1, -0.05) is 235 Å². The lowest BCUT2D eigenvalue weighted by Crippen LogP contribution is -2.61. The van der Waals surface area contributed by atoms with Crippen molar-refractivity contribution in [3.05, 3.63) is 296 Å². The number of fused-ring (bicyclic) bond motifs is 13. The molecule has 0 fully saturated rings. The maximum Gasteiger partial charge on any atom is 0.252 e. The maximum atomic E-state index is 11.4. The number of anilines is 6. The number of rotatable bonds is 7. The van der Waals surface area contributed by atoms with Crippen molar-refractivity contribution in [3.8, 4) is 44.8 Å². The van der Waals surface area contributed by atoms with Gasteiger partial charge in [0.1, 0.15) is 11.2 Å². The molecule has 13 aromatic carbocycles. The topological polar surface area (TPSA) is 29.5 Å². The predicted molar refractivity (Wildman–Crippen MR) is 390 cm³/mol. The predicted octanol–water partition coefficient (Wildman–Crippen LogP) is 21.5. The number of benzene rings is 13. The van der Waals surface area contributed by atoms with Crippen LogP contribution in [0.15, 0.2) is 289 Å². The third kappa shape index (κ3) is 8.26. The Balaban J connectivity index is 1.08. The van der Waals surface area contributed by atoms with E-state index in [1.165, 1.54) is 0 Å². The van der Waals surface area contributed by atoms with E-state index in [9.17, 15) is 24.7 Å². The molecule has 92 heavy (non-hydrogen) atoms. The number of hydrogen-bond acceptors (Lipinski definition) is 3. The lowest BCUT2D eigenvalue weighted by molar-refractivity contribution is 0.590. The molecule has 0 N–H and O–H groups in total. The van der Waals surface area contributed by atoms with E-state index in [-0.39, 0.29) is 66.1 Å². The van der Waals surface area contributed by atoms with Gasteiger partial charge in [-0.15, -0.1) is 0 Å². The normalized spacial score (nSPS) is 16.4. The third-order valence-corrected chi connectivity index (χ3v) is 18.2. The van der Waals surface area contributed by atoms with Crippen LogP contribution >= 0.6 is 0 Å².